The molecule has 1 atom stereocenters. The molecule has 2 amide bonds. The fourth-order valence-electron chi connectivity index (χ4n) is 2.90. The van der Waals surface area contributed by atoms with Gasteiger partial charge in [0.25, 0.3) is 5.24 Å². The summed E-state index contributed by atoms with van der Waals surface area (Å²) in [4.78, 5) is 26.7. The van der Waals surface area contributed by atoms with E-state index in [1.165, 1.54) is 9.21 Å². The van der Waals surface area contributed by atoms with Crippen molar-refractivity contribution in [1.29, 1.82) is 0 Å². The van der Waals surface area contributed by atoms with E-state index in [-0.39, 0.29) is 16.9 Å². The van der Waals surface area contributed by atoms with Crippen molar-refractivity contribution in [2.45, 2.75) is 43.5 Å². The zero-order valence-corrected chi connectivity index (χ0v) is 17.6. The summed E-state index contributed by atoms with van der Waals surface area (Å²) in [6, 6.07) is 6.29. The second-order valence-electron chi connectivity index (χ2n) is 6.71. The van der Waals surface area contributed by atoms with E-state index in [1.54, 1.807) is 38.4 Å². The number of nitrogens with one attached hydrogen (secondary N) is 1. The predicted octanol–water partition coefficient (Wildman–Crippen LogP) is 2.99. The molecule has 1 N–H and O–H groups in total. The SMILES string of the molecule is CCCS(=O)(=O)N1CCCCC1C(=O)Nc1ccc(SC(=O)N(C)C)cc1. The number of sulfonamides is 1. The largest absolute Gasteiger partial charge is 0.339 e. The Morgan fingerprint density at radius 1 is 1.22 bits per heavy atom. The Bertz CT molecular complexity index is 763. The van der Waals surface area contributed by atoms with Crippen LogP contribution in [-0.4, -0.2) is 61.2 Å². The number of amides is 2. The quantitative estimate of drug-likeness (QED) is 0.725. The van der Waals surface area contributed by atoms with Crippen LogP contribution in [0, 0.1) is 0 Å². The van der Waals surface area contributed by atoms with Crippen LogP contribution in [0.15, 0.2) is 29.2 Å². The van der Waals surface area contributed by atoms with Crippen molar-refractivity contribution >= 4 is 38.6 Å². The van der Waals surface area contributed by atoms with Crippen LogP contribution in [0.25, 0.3) is 0 Å². The second-order valence-corrected chi connectivity index (χ2v) is 9.78. The van der Waals surface area contributed by atoms with Crippen LogP contribution in [0.2, 0.25) is 0 Å². The third-order valence-corrected chi connectivity index (χ3v) is 7.39. The molecule has 0 spiro atoms. The van der Waals surface area contributed by atoms with Crippen molar-refractivity contribution in [3.63, 3.8) is 0 Å². The van der Waals surface area contributed by atoms with Gasteiger partial charge in [0.2, 0.25) is 15.9 Å². The molecule has 1 heterocycles. The monoisotopic (exact) mass is 413 g/mol. The van der Waals surface area contributed by atoms with E-state index in [4.69, 9.17) is 0 Å². The Balaban J connectivity index is 2.05. The molecule has 0 bridgehead atoms. The zero-order valence-electron chi connectivity index (χ0n) is 16.0. The van der Waals surface area contributed by atoms with Gasteiger partial charge in [-0.05, 0) is 55.3 Å². The van der Waals surface area contributed by atoms with Gasteiger partial charge >= 0.3 is 0 Å². The summed E-state index contributed by atoms with van der Waals surface area (Å²) < 4.78 is 26.3. The fourth-order valence-corrected chi connectivity index (χ4v) is 5.30. The van der Waals surface area contributed by atoms with Crippen LogP contribution in [0.5, 0.6) is 0 Å². The standard InChI is InChI=1S/C18H27N3O4S2/c1-4-13-27(24,25)21-12-6-5-7-16(21)17(22)19-14-8-10-15(11-9-14)26-18(23)20(2)3/h8-11,16H,4-7,12-13H2,1-3H3,(H,19,22). The first kappa shape index (κ1) is 21.7. The number of carbonyl (C=O) groups excluding carboxylic acids is 2. The molecule has 1 aliphatic heterocycles. The van der Waals surface area contributed by atoms with Gasteiger partial charge in [-0.3, -0.25) is 9.59 Å². The molecule has 27 heavy (non-hydrogen) atoms. The Hall–Kier alpha value is -1.58. The molecule has 1 fully saturated rings. The number of benzene rings is 1. The highest BCUT2D eigenvalue weighted by atomic mass is 32.2. The van der Waals surface area contributed by atoms with Gasteiger partial charge in [-0.1, -0.05) is 13.3 Å². The molecule has 1 aromatic carbocycles. The van der Waals surface area contributed by atoms with Gasteiger partial charge in [-0.25, -0.2) is 8.42 Å². The predicted molar refractivity (Wildman–Crippen MR) is 108 cm³/mol. The number of rotatable bonds is 6. The minimum absolute atomic E-state index is 0.0581. The third-order valence-electron chi connectivity index (χ3n) is 4.27. The molecule has 1 unspecified atom stereocenters. The number of thioether (sulfide) groups is 1. The molecular formula is C18H27N3O4S2. The van der Waals surface area contributed by atoms with E-state index >= 15 is 0 Å². The van der Waals surface area contributed by atoms with Crippen LogP contribution < -0.4 is 5.32 Å². The van der Waals surface area contributed by atoms with Crippen LogP contribution >= 0.6 is 11.8 Å². The average molecular weight is 414 g/mol. The minimum atomic E-state index is -3.42. The lowest BCUT2D eigenvalue weighted by atomic mass is 10.0. The van der Waals surface area contributed by atoms with Crippen LogP contribution in [-0.2, 0) is 14.8 Å². The molecule has 7 nitrogen and oxygen atoms in total. The van der Waals surface area contributed by atoms with Gasteiger partial charge in [0, 0.05) is 31.2 Å². The molecule has 2 rings (SSSR count). The van der Waals surface area contributed by atoms with Crippen molar-refractivity contribution in [2.75, 3.05) is 31.7 Å². The van der Waals surface area contributed by atoms with Gasteiger partial charge in [0.15, 0.2) is 0 Å². The number of piperidine rings is 1. The molecular weight excluding hydrogens is 386 g/mol. The fraction of sp³-hybridized carbons (Fsp3) is 0.556. The summed E-state index contributed by atoms with van der Waals surface area (Å²) in [7, 11) is -0.0473. The van der Waals surface area contributed by atoms with Gasteiger partial charge in [0.1, 0.15) is 6.04 Å². The lowest BCUT2D eigenvalue weighted by molar-refractivity contribution is -0.120. The zero-order chi connectivity index (χ0) is 20.0. The average Bonchev–Trinajstić information content (AvgIpc) is 2.63. The van der Waals surface area contributed by atoms with Crippen molar-refractivity contribution < 1.29 is 18.0 Å². The maximum Gasteiger partial charge on any atom is 0.285 e. The van der Waals surface area contributed by atoms with Gasteiger partial charge in [-0.2, -0.15) is 4.31 Å². The highest BCUT2D eigenvalue weighted by Gasteiger charge is 2.36. The number of nitrogens with zero attached hydrogens (tertiary/aromatic N) is 2. The molecule has 1 aliphatic rings. The molecule has 0 aromatic heterocycles. The van der Waals surface area contributed by atoms with Crippen LogP contribution in [0.3, 0.4) is 0 Å². The lowest BCUT2D eigenvalue weighted by Crippen LogP contribution is -2.50. The van der Waals surface area contributed by atoms with E-state index in [9.17, 15) is 18.0 Å². The molecule has 0 radical (unpaired) electrons. The second kappa shape index (κ2) is 9.57. The molecule has 1 aromatic rings. The molecule has 9 heteroatoms. The van der Waals surface area contributed by atoms with Crippen molar-refractivity contribution in [3.05, 3.63) is 24.3 Å². The van der Waals surface area contributed by atoms with E-state index in [1.807, 2.05) is 6.92 Å². The molecule has 150 valence electrons. The lowest BCUT2D eigenvalue weighted by Gasteiger charge is -2.33. The number of carbonyl (C=O) groups is 2. The summed E-state index contributed by atoms with van der Waals surface area (Å²) in [5.41, 5.74) is 0.583. The first-order valence-electron chi connectivity index (χ1n) is 9.04. The highest BCUT2D eigenvalue weighted by Crippen LogP contribution is 2.25. The van der Waals surface area contributed by atoms with E-state index in [2.05, 4.69) is 5.32 Å². The minimum Gasteiger partial charge on any atom is -0.339 e. The molecule has 0 aliphatic carbocycles. The van der Waals surface area contributed by atoms with Crippen molar-refractivity contribution in [2.24, 2.45) is 0 Å². The number of anilines is 1. The van der Waals surface area contributed by atoms with Crippen LogP contribution in [0.1, 0.15) is 32.6 Å². The van der Waals surface area contributed by atoms with Crippen molar-refractivity contribution in [3.8, 4) is 0 Å². The molecule has 0 saturated carbocycles. The number of hydrogen-bond acceptors (Lipinski definition) is 5. The van der Waals surface area contributed by atoms with E-state index in [0.717, 1.165) is 29.5 Å². The first-order valence-corrected chi connectivity index (χ1v) is 11.5. The van der Waals surface area contributed by atoms with Gasteiger partial charge in [-0.15, -0.1) is 0 Å². The summed E-state index contributed by atoms with van der Waals surface area (Å²) in [6.07, 6.45) is 2.66. The third kappa shape index (κ3) is 5.95. The Labute approximate surface area is 165 Å². The van der Waals surface area contributed by atoms with Gasteiger partial charge < -0.3 is 10.2 Å². The smallest absolute Gasteiger partial charge is 0.285 e. The summed E-state index contributed by atoms with van der Waals surface area (Å²) in [6.45, 7) is 2.21. The van der Waals surface area contributed by atoms with E-state index < -0.39 is 16.1 Å². The van der Waals surface area contributed by atoms with Crippen LogP contribution in [0.4, 0.5) is 10.5 Å². The first-order chi connectivity index (χ1) is 12.7. The molecule has 1 saturated heterocycles. The topological polar surface area (TPSA) is 86.8 Å². The Morgan fingerprint density at radius 3 is 2.48 bits per heavy atom. The summed E-state index contributed by atoms with van der Waals surface area (Å²) >= 11 is 1.10. The normalized spacial score (nSPS) is 18.1. The number of hydrogen-bond donors (Lipinski definition) is 1. The van der Waals surface area contributed by atoms with Crippen molar-refractivity contribution in [1.82, 2.24) is 9.21 Å². The Morgan fingerprint density at radius 2 is 1.89 bits per heavy atom. The summed E-state index contributed by atoms with van der Waals surface area (Å²) in [5, 5.41) is 2.73. The maximum atomic E-state index is 12.7. The maximum absolute atomic E-state index is 12.7. The van der Waals surface area contributed by atoms with E-state index in [0.29, 0.717) is 25.1 Å². The summed E-state index contributed by atoms with van der Waals surface area (Å²) in [5.74, 6) is -0.248. The van der Waals surface area contributed by atoms with Gasteiger partial charge in [0.05, 0.1) is 5.75 Å². The highest BCUT2D eigenvalue weighted by molar-refractivity contribution is 8.13. The Kier molecular flexibility index (Phi) is 7.69.